The Balaban J connectivity index is 1.72. The van der Waals surface area contributed by atoms with Gasteiger partial charge in [0.2, 0.25) is 0 Å². The van der Waals surface area contributed by atoms with E-state index in [9.17, 15) is 9.59 Å². The number of aromatic nitrogens is 2. The predicted octanol–water partition coefficient (Wildman–Crippen LogP) is 2.16. The Bertz CT molecular complexity index is 813. The summed E-state index contributed by atoms with van der Waals surface area (Å²) in [4.78, 5) is 36.9. The number of hydrogen-bond acceptors (Lipinski definition) is 5. The average Bonchev–Trinajstić information content (AvgIpc) is 2.62. The average molecular weight is 342 g/mol. The molecule has 1 aliphatic heterocycles. The number of fused-ring (bicyclic) bond motifs is 1. The molecule has 0 bridgehead atoms. The molecular weight excluding hydrogens is 320 g/mol. The second-order valence-corrected chi connectivity index (χ2v) is 6.08. The quantitative estimate of drug-likeness (QED) is 0.836. The highest BCUT2D eigenvalue weighted by atomic mass is 16.6. The Kier molecular flexibility index (Phi) is 4.83. The Morgan fingerprint density at radius 1 is 1.00 bits per heavy atom. The van der Waals surface area contributed by atoms with E-state index in [1.54, 1.807) is 28.9 Å². The number of nitrogens with zero attached hydrogens (tertiary/aromatic N) is 4. The fourth-order valence-electron chi connectivity index (χ4n) is 2.85. The van der Waals surface area contributed by atoms with Gasteiger partial charge in [-0.25, -0.2) is 14.8 Å². The molecule has 2 amide bonds. The number of ether oxygens (including phenoxy) is 1. The van der Waals surface area contributed by atoms with Gasteiger partial charge in [0.05, 0.1) is 29.0 Å². The molecule has 1 fully saturated rings. The second-order valence-electron chi connectivity index (χ2n) is 6.08. The molecule has 0 aliphatic carbocycles. The van der Waals surface area contributed by atoms with Crippen molar-refractivity contribution in [3.63, 3.8) is 0 Å². The highest BCUT2D eigenvalue weighted by Crippen LogP contribution is 2.17. The summed E-state index contributed by atoms with van der Waals surface area (Å²) < 4.78 is 5.00. The van der Waals surface area contributed by atoms with E-state index in [-0.39, 0.29) is 12.0 Å². The van der Waals surface area contributed by atoms with Crippen LogP contribution in [0.2, 0.25) is 0 Å². The van der Waals surface area contributed by atoms with Crippen LogP contribution in [0.3, 0.4) is 0 Å². The molecule has 0 N–H and O–H groups in total. The van der Waals surface area contributed by atoms with Crippen LogP contribution in [-0.4, -0.2) is 64.6 Å². The number of amides is 2. The van der Waals surface area contributed by atoms with Gasteiger partial charge in [0, 0.05) is 31.7 Å². The number of hydrogen-bond donors (Lipinski definition) is 0. The number of benzene rings is 1. The number of aryl methyl sites for hydroxylation is 2. The first kappa shape index (κ1) is 17.1. The van der Waals surface area contributed by atoms with E-state index in [0.717, 1.165) is 22.4 Å². The normalized spacial score (nSPS) is 14.7. The van der Waals surface area contributed by atoms with Crippen LogP contribution in [0, 0.1) is 13.8 Å². The van der Waals surface area contributed by atoms with E-state index < -0.39 is 0 Å². The van der Waals surface area contributed by atoms with E-state index in [0.29, 0.717) is 38.3 Å². The van der Waals surface area contributed by atoms with Gasteiger partial charge in [-0.3, -0.25) is 4.79 Å². The van der Waals surface area contributed by atoms with Crippen LogP contribution in [-0.2, 0) is 4.74 Å². The lowest BCUT2D eigenvalue weighted by atomic mass is 10.1. The zero-order valence-corrected chi connectivity index (χ0v) is 14.8. The van der Waals surface area contributed by atoms with Crippen molar-refractivity contribution in [3.05, 3.63) is 35.2 Å². The summed E-state index contributed by atoms with van der Waals surface area (Å²) in [5.74, 6) is -0.0505. The third-order valence-corrected chi connectivity index (χ3v) is 4.42. The molecule has 2 heterocycles. The van der Waals surface area contributed by atoms with Gasteiger partial charge in [0.1, 0.15) is 0 Å². The lowest BCUT2D eigenvalue weighted by molar-refractivity contribution is 0.0570. The van der Waals surface area contributed by atoms with E-state index in [4.69, 9.17) is 4.74 Å². The molecular formula is C18H22N4O3. The minimum absolute atomic E-state index is 0.0505. The third-order valence-electron chi connectivity index (χ3n) is 4.42. The van der Waals surface area contributed by atoms with Gasteiger partial charge in [0.25, 0.3) is 5.91 Å². The smallest absolute Gasteiger partial charge is 0.409 e. The lowest BCUT2D eigenvalue weighted by Crippen LogP contribution is -2.50. The van der Waals surface area contributed by atoms with Gasteiger partial charge in [-0.05, 0) is 39.0 Å². The number of rotatable bonds is 2. The molecule has 0 radical (unpaired) electrons. The molecule has 1 aromatic carbocycles. The number of carbonyl (C=O) groups is 2. The van der Waals surface area contributed by atoms with Crippen LogP contribution in [0.4, 0.5) is 4.79 Å². The molecule has 0 unspecified atom stereocenters. The summed E-state index contributed by atoms with van der Waals surface area (Å²) in [6, 6.07) is 5.40. The fourth-order valence-corrected chi connectivity index (χ4v) is 2.85. The maximum Gasteiger partial charge on any atom is 0.409 e. The Morgan fingerprint density at radius 3 is 2.24 bits per heavy atom. The zero-order valence-electron chi connectivity index (χ0n) is 14.8. The highest BCUT2D eigenvalue weighted by Gasteiger charge is 2.25. The summed E-state index contributed by atoms with van der Waals surface area (Å²) in [5, 5.41) is 0. The van der Waals surface area contributed by atoms with Crippen molar-refractivity contribution >= 4 is 23.0 Å². The monoisotopic (exact) mass is 342 g/mol. The van der Waals surface area contributed by atoms with Gasteiger partial charge >= 0.3 is 6.09 Å². The van der Waals surface area contributed by atoms with Crippen molar-refractivity contribution in [2.45, 2.75) is 20.8 Å². The summed E-state index contributed by atoms with van der Waals surface area (Å²) >= 11 is 0. The van der Waals surface area contributed by atoms with Crippen LogP contribution in [0.25, 0.3) is 11.0 Å². The van der Waals surface area contributed by atoms with Crippen molar-refractivity contribution < 1.29 is 14.3 Å². The minimum Gasteiger partial charge on any atom is -0.450 e. The topological polar surface area (TPSA) is 75.6 Å². The first-order chi connectivity index (χ1) is 12.0. The lowest BCUT2D eigenvalue weighted by Gasteiger charge is -2.34. The van der Waals surface area contributed by atoms with E-state index in [1.807, 2.05) is 19.9 Å². The maximum absolute atomic E-state index is 12.7. The SMILES string of the molecule is CCOC(=O)N1CCN(C(=O)c2ccc3nc(C)c(C)nc3c2)CC1. The van der Waals surface area contributed by atoms with Crippen molar-refractivity contribution in [1.82, 2.24) is 19.8 Å². The van der Waals surface area contributed by atoms with Crippen LogP contribution >= 0.6 is 0 Å². The molecule has 1 saturated heterocycles. The van der Waals surface area contributed by atoms with Gasteiger partial charge in [-0.1, -0.05) is 0 Å². The van der Waals surface area contributed by atoms with Crippen LogP contribution in [0.1, 0.15) is 28.7 Å². The molecule has 1 aliphatic rings. The maximum atomic E-state index is 12.7. The molecule has 0 spiro atoms. The van der Waals surface area contributed by atoms with Crippen LogP contribution in [0.15, 0.2) is 18.2 Å². The molecule has 7 nitrogen and oxygen atoms in total. The second kappa shape index (κ2) is 7.04. The van der Waals surface area contributed by atoms with Crippen molar-refractivity contribution in [2.75, 3.05) is 32.8 Å². The van der Waals surface area contributed by atoms with Crippen molar-refractivity contribution in [1.29, 1.82) is 0 Å². The largest absolute Gasteiger partial charge is 0.450 e. The fraction of sp³-hybridized carbons (Fsp3) is 0.444. The summed E-state index contributed by atoms with van der Waals surface area (Å²) in [7, 11) is 0. The highest BCUT2D eigenvalue weighted by molar-refractivity contribution is 5.97. The van der Waals surface area contributed by atoms with Crippen LogP contribution < -0.4 is 0 Å². The van der Waals surface area contributed by atoms with Crippen molar-refractivity contribution in [2.24, 2.45) is 0 Å². The first-order valence-electron chi connectivity index (χ1n) is 8.45. The molecule has 0 atom stereocenters. The third kappa shape index (κ3) is 3.55. The Labute approximate surface area is 146 Å². The molecule has 0 saturated carbocycles. The summed E-state index contributed by atoms with van der Waals surface area (Å²) in [5.41, 5.74) is 3.85. The molecule has 3 rings (SSSR count). The van der Waals surface area contributed by atoms with Crippen LogP contribution in [0.5, 0.6) is 0 Å². The van der Waals surface area contributed by atoms with Gasteiger partial charge in [0.15, 0.2) is 0 Å². The zero-order chi connectivity index (χ0) is 18.0. The van der Waals surface area contributed by atoms with Gasteiger partial charge in [-0.2, -0.15) is 0 Å². The Morgan fingerprint density at radius 2 is 1.60 bits per heavy atom. The predicted molar refractivity (Wildman–Crippen MR) is 93.5 cm³/mol. The molecule has 132 valence electrons. The Hall–Kier alpha value is -2.70. The van der Waals surface area contributed by atoms with Gasteiger partial charge in [-0.15, -0.1) is 0 Å². The molecule has 7 heteroatoms. The van der Waals surface area contributed by atoms with E-state index >= 15 is 0 Å². The number of carbonyl (C=O) groups excluding carboxylic acids is 2. The molecule has 1 aromatic heterocycles. The summed E-state index contributed by atoms with van der Waals surface area (Å²) in [6.45, 7) is 7.92. The van der Waals surface area contributed by atoms with E-state index in [2.05, 4.69) is 9.97 Å². The summed E-state index contributed by atoms with van der Waals surface area (Å²) in [6.07, 6.45) is -0.318. The standard InChI is InChI=1S/C18H22N4O3/c1-4-25-18(24)22-9-7-21(8-10-22)17(23)14-5-6-15-16(11-14)20-13(3)12(2)19-15/h5-6,11H,4,7-10H2,1-3H3. The van der Waals surface area contributed by atoms with Gasteiger partial charge < -0.3 is 14.5 Å². The minimum atomic E-state index is -0.318. The van der Waals surface area contributed by atoms with E-state index in [1.165, 1.54) is 0 Å². The molecule has 25 heavy (non-hydrogen) atoms. The van der Waals surface area contributed by atoms with Crippen molar-refractivity contribution in [3.8, 4) is 0 Å². The molecule has 2 aromatic rings. The number of piperazine rings is 1. The first-order valence-corrected chi connectivity index (χ1v) is 8.45.